The third-order valence-corrected chi connectivity index (χ3v) is 9.05. The van der Waals surface area contributed by atoms with Crippen molar-refractivity contribution in [3.8, 4) is 11.4 Å². The summed E-state index contributed by atoms with van der Waals surface area (Å²) in [5.74, 6) is -3.58. The highest BCUT2D eigenvalue weighted by atomic mass is 28.3. The van der Waals surface area contributed by atoms with Gasteiger partial charge in [0, 0.05) is 45.9 Å². The maximum absolute atomic E-state index is 15.1. The topological polar surface area (TPSA) is 104 Å². The van der Waals surface area contributed by atoms with Crippen LogP contribution < -0.4 is 16.4 Å². The number of pyridine rings is 1. The molecular weight excluding hydrogens is 672 g/mol. The Kier molecular flexibility index (Phi) is 10.8. The summed E-state index contributed by atoms with van der Waals surface area (Å²) in [4.78, 5) is 32.7. The van der Waals surface area contributed by atoms with Gasteiger partial charge in [0.15, 0.2) is 17.5 Å². The molecule has 9 nitrogen and oxygen atoms in total. The van der Waals surface area contributed by atoms with Crippen LogP contribution in [0.3, 0.4) is 0 Å². The Hall–Kier alpha value is -4.19. The zero-order valence-electron chi connectivity index (χ0n) is 26.3. The lowest BCUT2D eigenvalue weighted by atomic mass is 10.1. The largest absolute Gasteiger partial charge is 0.423 e. The number of ether oxygens (including phenoxy) is 1. The second-order valence-corrected chi connectivity index (χ2v) is 18.0. The minimum Gasteiger partial charge on any atom is -0.381 e. The van der Waals surface area contributed by atoms with E-state index in [2.05, 4.69) is 40.0 Å². The van der Waals surface area contributed by atoms with Crippen LogP contribution in [0.15, 0.2) is 46.5 Å². The molecule has 0 aliphatic heterocycles. The van der Waals surface area contributed by atoms with Crippen molar-refractivity contribution >= 4 is 24.5 Å². The molecule has 0 saturated carbocycles. The number of benzene rings is 1. The number of hydrogen-bond acceptors (Lipinski definition) is 7. The Balaban J connectivity index is 1.46. The minimum absolute atomic E-state index is 0.0215. The molecule has 0 aliphatic rings. The zero-order chi connectivity index (χ0) is 35.6. The summed E-state index contributed by atoms with van der Waals surface area (Å²) in [6, 6.07) is 2.48. The lowest BCUT2D eigenvalue weighted by Crippen LogP contribution is -2.34. The molecule has 1 N–H and O–H groups in total. The molecule has 3 heterocycles. The highest BCUT2D eigenvalue weighted by Crippen LogP contribution is 2.33. The number of alkyl halides is 6. The van der Waals surface area contributed by atoms with Gasteiger partial charge in [0.2, 0.25) is 0 Å². The van der Waals surface area contributed by atoms with Gasteiger partial charge in [-0.25, -0.2) is 23.4 Å². The molecule has 0 aliphatic carbocycles. The van der Waals surface area contributed by atoms with Crippen LogP contribution >= 0.6 is 0 Å². The molecule has 0 bridgehead atoms. The number of rotatable bonds is 12. The van der Waals surface area contributed by atoms with E-state index in [1.54, 1.807) is 6.92 Å². The number of anilines is 1. The molecule has 4 aromatic rings. The predicted molar refractivity (Wildman–Crippen MR) is 164 cm³/mol. The van der Waals surface area contributed by atoms with Crippen molar-refractivity contribution in [3.05, 3.63) is 80.4 Å². The van der Waals surface area contributed by atoms with E-state index in [0.717, 1.165) is 22.9 Å². The number of hydrogen-bond donors (Lipinski definition) is 1. The summed E-state index contributed by atoms with van der Waals surface area (Å²) in [5, 5.41) is 5.82. The maximum atomic E-state index is 15.1. The number of aromatic nitrogens is 5. The van der Waals surface area contributed by atoms with Crippen molar-refractivity contribution in [2.24, 2.45) is 0 Å². The minimum atomic E-state index is -4.99. The van der Waals surface area contributed by atoms with Gasteiger partial charge >= 0.3 is 12.4 Å². The van der Waals surface area contributed by atoms with Crippen LogP contribution in [-0.2, 0) is 30.4 Å². The molecule has 4 rings (SSSR count). The standard InChI is InChI=1S/C30H32F8N6O3Si/c1-17(42-21-15-41-44(16-47-10-11-48(2,3)4)28(46)23(21)30(36,37)38)6-5-8-43-9-7-18-12-20(24(31)25(32)22(18)27(43)45)26-39-13-19(14-40-26)29(33,34)35/h7,9,12-15,17,42H,5-6,8,10-11,16H2,1-4H3. The van der Waals surface area contributed by atoms with Crippen molar-refractivity contribution in [1.82, 2.24) is 24.3 Å². The van der Waals surface area contributed by atoms with Crippen molar-refractivity contribution in [2.45, 2.75) is 77.1 Å². The molecule has 3 aromatic heterocycles. The van der Waals surface area contributed by atoms with E-state index in [4.69, 9.17) is 4.74 Å². The van der Waals surface area contributed by atoms with Crippen LogP contribution in [0.2, 0.25) is 25.7 Å². The van der Waals surface area contributed by atoms with Gasteiger partial charge in [0.25, 0.3) is 11.1 Å². The van der Waals surface area contributed by atoms with Crippen LogP contribution in [0.1, 0.15) is 30.9 Å². The Bertz CT molecular complexity index is 1890. The van der Waals surface area contributed by atoms with Gasteiger partial charge in [-0.15, -0.1) is 0 Å². The van der Waals surface area contributed by atoms with Crippen LogP contribution in [0, 0.1) is 11.6 Å². The van der Waals surface area contributed by atoms with E-state index in [1.807, 2.05) is 0 Å². The first kappa shape index (κ1) is 36.6. The summed E-state index contributed by atoms with van der Waals surface area (Å²) in [7, 11) is -1.45. The number of nitrogens with zero attached hydrogens (tertiary/aromatic N) is 5. The van der Waals surface area contributed by atoms with E-state index in [-0.39, 0.29) is 31.4 Å². The smallest absolute Gasteiger partial charge is 0.381 e. The average molecular weight is 705 g/mol. The van der Waals surface area contributed by atoms with E-state index in [9.17, 15) is 40.3 Å². The Morgan fingerprint density at radius 1 is 0.958 bits per heavy atom. The molecule has 0 amide bonds. The van der Waals surface area contributed by atoms with Crippen molar-refractivity contribution in [1.29, 1.82) is 0 Å². The number of halogens is 8. The first-order valence-electron chi connectivity index (χ1n) is 14.7. The summed E-state index contributed by atoms with van der Waals surface area (Å²) in [6.07, 6.45) is -6.26. The molecule has 0 saturated heterocycles. The second-order valence-electron chi connectivity index (χ2n) is 12.4. The second kappa shape index (κ2) is 14.1. The normalized spacial score (nSPS) is 13.2. The Morgan fingerprint density at radius 2 is 1.62 bits per heavy atom. The van der Waals surface area contributed by atoms with Gasteiger partial charge in [-0.2, -0.15) is 31.4 Å². The predicted octanol–water partition coefficient (Wildman–Crippen LogP) is 6.92. The molecule has 18 heteroatoms. The van der Waals surface area contributed by atoms with Crippen LogP contribution in [0.5, 0.6) is 0 Å². The van der Waals surface area contributed by atoms with E-state index < -0.39 is 89.5 Å². The van der Waals surface area contributed by atoms with Crippen molar-refractivity contribution in [3.63, 3.8) is 0 Å². The Labute approximate surface area is 269 Å². The van der Waals surface area contributed by atoms with Gasteiger partial charge in [-0.1, -0.05) is 19.6 Å². The van der Waals surface area contributed by atoms with Crippen LogP contribution in [-0.4, -0.2) is 45.0 Å². The summed E-state index contributed by atoms with van der Waals surface area (Å²) in [5.41, 5.74) is -5.94. The number of fused-ring (bicyclic) bond motifs is 1. The fourth-order valence-corrected chi connectivity index (χ4v) is 5.48. The van der Waals surface area contributed by atoms with Crippen molar-refractivity contribution < 1.29 is 39.9 Å². The fourth-order valence-electron chi connectivity index (χ4n) is 4.73. The summed E-state index contributed by atoms with van der Waals surface area (Å²) < 4.78 is 117. The summed E-state index contributed by atoms with van der Waals surface area (Å²) >= 11 is 0. The number of aryl methyl sites for hydroxylation is 1. The van der Waals surface area contributed by atoms with Gasteiger partial charge in [-0.05, 0) is 43.3 Å². The molecule has 1 atom stereocenters. The van der Waals surface area contributed by atoms with E-state index in [0.29, 0.717) is 17.1 Å². The highest BCUT2D eigenvalue weighted by molar-refractivity contribution is 6.76. The van der Waals surface area contributed by atoms with Gasteiger partial charge < -0.3 is 14.6 Å². The molecule has 0 radical (unpaired) electrons. The first-order valence-corrected chi connectivity index (χ1v) is 18.4. The van der Waals surface area contributed by atoms with Crippen LogP contribution in [0.4, 0.5) is 40.8 Å². The average Bonchev–Trinajstić information content (AvgIpc) is 2.97. The first-order chi connectivity index (χ1) is 22.3. The van der Waals surface area contributed by atoms with Gasteiger partial charge in [0.05, 0.1) is 28.4 Å². The monoisotopic (exact) mass is 704 g/mol. The molecule has 1 aromatic carbocycles. The lowest BCUT2D eigenvalue weighted by molar-refractivity contribution is -0.139. The van der Waals surface area contributed by atoms with Crippen LogP contribution in [0.25, 0.3) is 22.2 Å². The molecule has 260 valence electrons. The molecule has 1 unspecified atom stereocenters. The lowest BCUT2D eigenvalue weighted by Gasteiger charge is -2.20. The highest BCUT2D eigenvalue weighted by Gasteiger charge is 2.38. The van der Waals surface area contributed by atoms with E-state index >= 15 is 4.39 Å². The number of nitrogens with one attached hydrogen (secondary N) is 1. The summed E-state index contributed by atoms with van der Waals surface area (Å²) in [6.45, 7) is 7.70. The molecular formula is C30H32F8N6O3Si. The van der Waals surface area contributed by atoms with Gasteiger partial charge in [-0.3, -0.25) is 9.59 Å². The van der Waals surface area contributed by atoms with E-state index in [1.165, 1.54) is 12.3 Å². The third-order valence-electron chi connectivity index (χ3n) is 7.34. The molecule has 48 heavy (non-hydrogen) atoms. The fraction of sp³-hybridized carbons (Fsp3) is 0.433. The third kappa shape index (κ3) is 8.63. The van der Waals surface area contributed by atoms with Crippen molar-refractivity contribution in [2.75, 3.05) is 11.9 Å². The zero-order valence-corrected chi connectivity index (χ0v) is 27.3. The molecule has 0 spiro atoms. The van der Waals surface area contributed by atoms with Gasteiger partial charge in [0.1, 0.15) is 12.3 Å². The SMILES string of the molecule is CC(CCCn1ccc2cc(-c3ncc(C(F)(F)F)cn3)c(F)c(F)c2c1=O)Nc1cnn(COCC[Si](C)(C)C)c(=O)c1C(F)(F)F. The Morgan fingerprint density at radius 3 is 2.23 bits per heavy atom. The quantitative estimate of drug-likeness (QED) is 0.0970. The maximum Gasteiger partial charge on any atom is 0.423 e. The molecule has 0 fully saturated rings.